The Morgan fingerprint density at radius 2 is 1.56 bits per heavy atom. The Bertz CT molecular complexity index is 3420. The minimum atomic E-state index is -1.93. The highest BCUT2D eigenvalue weighted by Crippen LogP contribution is 2.47. The van der Waals surface area contributed by atoms with Gasteiger partial charge in [-0.15, -0.1) is 0 Å². The third-order valence-electron chi connectivity index (χ3n) is 15.1. The zero-order valence-corrected chi connectivity index (χ0v) is 44.6. The van der Waals surface area contributed by atoms with Gasteiger partial charge in [0.2, 0.25) is 11.8 Å². The Kier molecular flexibility index (Phi) is 13.9. The third kappa shape index (κ3) is 9.77. The number of nitrogens with zero attached hydrogens (tertiary/aromatic N) is 3. The number of anilines is 1. The molecule has 10 rings (SSSR count). The number of aryl methyl sites for hydroxylation is 2. The molecule has 4 amide bonds. The van der Waals surface area contributed by atoms with Crippen LogP contribution >= 0.6 is 0 Å². The fraction of sp³-hybridized carbons (Fsp3) is 0.383. The molecule has 77 heavy (non-hydrogen) atoms. The van der Waals surface area contributed by atoms with Crippen LogP contribution in [-0.4, -0.2) is 73.8 Å². The molecule has 400 valence electrons. The van der Waals surface area contributed by atoms with Crippen LogP contribution in [0.25, 0.3) is 33.4 Å². The molecule has 4 N–H and O–H groups in total. The van der Waals surface area contributed by atoms with E-state index >= 15 is 0 Å². The number of alkyl carbamates (subject to hydrolysis) is 1. The van der Waals surface area contributed by atoms with Gasteiger partial charge in [0.15, 0.2) is 11.7 Å². The number of carbonyl (C=O) groups is 5. The Morgan fingerprint density at radius 1 is 0.857 bits per heavy atom. The molecule has 4 heterocycles. The number of esters is 1. The number of pyridine rings is 2. The molecule has 2 aliphatic carbocycles. The molecule has 0 fully saturated rings. The Labute approximate surface area is 446 Å². The number of hydrogen-bond acceptors (Lipinski definition) is 12. The van der Waals surface area contributed by atoms with E-state index in [1.807, 2.05) is 73.7 Å². The van der Waals surface area contributed by atoms with Gasteiger partial charge in [0.25, 0.3) is 5.56 Å². The van der Waals surface area contributed by atoms with Crippen molar-refractivity contribution in [2.24, 2.45) is 5.92 Å². The number of benzene rings is 4. The number of ether oxygens (including phenoxy) is 4. The molecule has 17 nitrogen and oxygen atoms in total. The van der Waals surface area contributed by atoms with E-state index in [0.717, 1.165) is 68.3 Å². The van der Waals surface area contributed by atoms with E-state index in [1.165, 1.54) is 0 Å². The summed E-state index contributed by atoms with van der Waals surface area (Å²) in [4.78, 5) is 87.9. The lowest BCUT2D eigenvalue weighted by molar-refractivity contribution is -0.172. The lowest BCUT2D eigenvalue weighted by Gasteiger charge is -2.31. The summed E-state index contributed by atoms with van der Waals surface area (Å²) in [7, 11) is 0. The molecule has 0 bridgehead atoms. The zero-order chi connectivity index (χ0) is 54.7. The summed E-state index contributed by atoms with van der Waals surface area (Å²) in [6.07, 6.45) is 0.445. The highest BCUT2D eigenvalue weighted by Gasteiger charge is 2.46. The van der Waals surface area contributed by atoms with Crippen LogP contribution < -0.4 is 26.2 Å². The number of carbonyl (C=O) groups excluding carboxylic acids is 5. The molecule has 0 spiro atoms. The first kappa shape index (κ1) is 52.4. The van der Waals surface area contributed by atoms with Crippen molar-refractivity contribution < 1.29 is 48.0 Å². The predicted octanol–water partition coefficient (Wildman–Crippen LogP) is 8.87. The highest BCUT2D eigenvalue weighted by atomic mass is 16.6. The number of fused-ring (bicyclic) bond motifs is 8. The van der Waals surface area contributed by atoms with Gasteiger partial charge in [0.05, 0.1) is 29.0 Å². The minimum Gasteiger partial charge on any atom is -0.489 e. The topological polar surface area (TPSA) is 217 Å². The number of hydrogen-bond donors (Lipinski definition) is 4. The van der Waals surface area contributed by atoms with Crippen LogP contribution in [0, 0.1) is 5.92 Å². The van der Waals surface area contributed by atoms with Crippen LogP contribution in [0.2, 0.25) is 0 Å². The van der Waals surface area contributed by atoms with E-state index in [-0.39, 0.29) is 55.3 Å². The number of aliphatic hydroxyl groups is 1. The predicted molar refractivity (Wildman–Crippen MR) is 288 cm³/mol. The van der Waals surface area contributed by atoms with E-state index in [2.05, 4.69) is 16.0 Å². The highest BCUT2D eigenvalue weighted by molar-refractivity contribution is 5.98. The zero-order valence-electron chi connectivity index (χ0n) is 44.6. The third-order valence-corrected chi connectivity index (χ3v) is 15.1. The quantitative estimate of drug-likeness (QED) is 0.0594. The van der Waals surface area contributed by atoms with Crippen LogP contribution in [0.1, 0.15) is 124 Å². The Morgan fingerprint density at radius 3 is 2.23 bits per heavy atom. The molecule has 17 heteroatoms. The van der Waals surface area contributed by atoms with E-state index < -0.39 is 59.4 Å². The van der Waals surface area contributed by atoms with Crippen LogP contribution in [0.5, 0.6) is 5.75 Å². The van der Waals surface area contributed by atoms with Crippen molar-refractivity contribution in [3.63, 3.8) is 0 Å². The van der Waals surface area contributed by atoms with Gasteiger partial charge < -0.3 is 49.5 Å². The second-order valence-corrected chi connectivity index (χ2v) is 21.6. The molecular formula is C60H64N6O11. The summed E-state index contributed by atoms with van der Waals surface area (Å²) in [5.41, 5.74) is 8.07. The molecule has 0 saturated heterocycles. The van der Waals surface area contributed by atoms with Gasteiger partial charge in [-0.2, -0.15) is 0 Å². The maximum Gasteiger partial charge on any atom is 0.411 e. The van der Waals surface area contributed by atoms with Crippen LogP contribution in [0.15, 0.2) is 89.7 Å². The first-order chi connectivity index (χ1) is 36.8. The number of amides is 4. The number of nitrogens with one attached hydrogen (secondary N) is 3. The maximum absolute atomic E-state index is 14.4. The molecule has 3 atom stereocenters. The fourth-order valence-corrected chi connectivity index (χ4v) is 11.1. The Balaban J connectivity index is 0.930. The summed E-state index contributed by atoms with van der Waals surface area (Å²) in [5.74, 6) is -1.49. The summed E-state index contributed by atoms with van der Waals surface area (Å²) in [6, 6.07) is 24.7. The van der Waals surface area contributed by atoms with Crippen LogP contribution in [-0.2, 0) is 73.3 Å². The van der Waals surface area contributed by atoms with Crippen molar-refractivity contribution in [3.8, 4) is 28.3 Å². The first-order valence-electron chi connectivity index (χ1n) is 26.4. The number of cyclic esters (lactones) is 1. The molecule has 6 aromatic rings. The lowest BCUT2D eigenvalue weighted by atomic mass is 9.85. The summed E-state index contributed by atoms with van der Waals surface area (Å²) in [6.45, 7) is 14.4. The minimum absolute atomic E-state index is 0.0480. The normalized spacial score (nSPS) is 16.7. The molecule has 2 aromatic heterocycles. The van der Waals surface area contributed by atoms with Crippen molar-refractivity contribution in [2.45, 2.75) is 137 Å². The average Bonchev–Trinajstić information content (AvgIpc) is 3.98. The maximum atomic E-state index is 14.4. The largest absolute Gasteiger partial charge is 0.489 e. The average molecular weight is 1050 g/mol. The molecule has 2 aliphatic heterocycles. The summed E-state index contributed by atoms with van der Waals surface area (Å²) < 4.78 is 25.4. The molecule has 4 aromatic carbocycles. The molecule has 4 aliphatic rings. The standard InChI is InChI=1S/C60H64N6O11/c1-9-60(73)45-27-47-51-43(29-66(47)55(69)44(45)31-75-56(60)70)39-20-15-21-42-48(25-24-46(63-51)49(39)42)74-30-34-22-23-36(62-53(67)33(5)61-54(68)50(32(3)4)64-57(71)77-59(6,7)8)26-35(34)28-65(10-2)58(72)76-52-40-18-13-11-16-37(40)38-17-12-14-19-41(38)52/h11-14,16-19,22-27,32-33,50,52,73H,9-10,15,20-21,28-31H2,1-8H3,(H,61,68)(H,62,67)(H,64,71)/t33-,50-,60-/m0/s1. The van der Waals surface area contributed by atoms with E-state index in [4.69, 9.17) is 23.9 Å². The van der Waals surface area contributed by atoms with E-state index in [9.17, 15) is 33.9 Å². The van der Waals surface area contributed by atoms with Gasteiger partial charge in [-0.25, -0.2) is 19.4 Å². The van der Waals surface area contributed by atoms with Gasteiger partial charge in [0.1, 0.15) is 36.6 Å². The number of aromatic nitrogens is 2. The summed E-state index contributed by atoms with van der Waals surface area (Å²) in [5, 5.41) is 20.7. The van der Waals surface area contributed by atoms with Gasteiger partial charge in [-0.05, 0) is 124 Å². The second kappa shape index (κ2) is 20.5. The molecule has 0 unspecified atom stereocenters. The van der Waals surface area contributed by atoms with Crippen molar-refractivity contribution >= 4 is 46.6 Å². The lowest BCUT2D eigenvalue weighted by Crippen LogP contribution is -2.54. The first-order valence-corrected chi connectivity index (χ1v) is 26.4. The van der Waals surface area contributed by atoms with Gasteiger partial charge >= 0.3 is 18.2 Å². The van der Waals surface area contributed by atoms with Crippen molar-refractivity contribution in [1.82, 2.24) is 25.1 Å². The van der Waals surface area contributed by atoms with Crippen molar-refractivity contribution in [2.75, 3.05) is 11.9 Å². The molecule has 0 radical (unpaired) electrons. The van der Waals surface area contributed by atoms with Crippen LogP contribution in [0.3, 0.4) is 0 Å². The monoisotopic (exact) mass is 1040 g/mol. The van der Waals surface area contributed by atoms with Gasteiger partial charge in [-0.3, -0.25) is 14.4 Å². The smallest absolute Gasteiger partial charge is 0.411 e. The summed E-state index contributed by atoms with van der Waals surface area (Å²) >= 11 is 0. The fourth-order valence-electron chi connectivity index (χ4n) is 11.1. The van der Waals surface area contributed by atoms with Gasteiger partial charge in [0, 0.05) is 52.0 Å². The SMILES string of the molecule is CCN(Cc1cc(NC(=O)[C@H](C)NC(=O)[C@@H](NC(=O)OC(C)(C)C)C(C)C)ccc1COc1ccc2nc3c(c4c2c1CCC4)Cn1c-3cc2c(c1=O)COC(=O)[C@]2(O)CC)C(=O)OC1c2ccccc2-c2ccccc21. The van der Waals surface area contributed by atoms with Crippen molar-refractivity contribution in [1.29, 1.82) is 0 Å². The van der Waals surface area contributed by atoms with Gasteiger partial charge in [-0.1, -0.05) is 75.4 Å². The number of rotatable bonds is 14. The van der Waals surface area contributed by atoms with Crippen LogP contribution in [0.4, 0.5) is 15.3 Å². The molecular weight excluding hydrogens is 981 g/mol. The molecule has 0 saturated carbocycles. The van der Waals surface area contributed by atoms with E-state index in [1.54, 1.807) is 76.1 Å². The Hall–Kier alpha value is -8.05. The van der Waals surface area contributed by atoms with E-state index in [0.29, 0.717) is 41.4 Å². The van der Waals surface area contributed by atoms with Crippen molar-refractivity contribution in [3.05, 3.63) is 145 Å². The second-order valence-electron chi connectivity index (χ2n) is 21.6.